The number of aliphatic carboxylic acids is 2. The monoisotopic (exact) mass is 713 g/mol. The Morgan fingerprint density at radius 2 is 1.40 bits per heavy atom. The van der Waals surface area contributed by atoms with Gasteiger partial charge in [0.15, 0.2) is 0 Å². The molecule has 3 aromatic rings. The van der Waals surface area contributed by atoms with Crippen molar-refractivity contribution in [3.8, 4) is 0 Å². The molecule has 0 aliphatic carbocycles. The summed E-state index contributed by atoms with van der Waals surface area (Å²) in [6.07, 6.45) is 5.53. The van der Waals surface area contributed by atoms with Crippen LogP contribution < -0.4 is 5.32 Å². The molecule has 0 saturated carbocycles. The van der Waals surface area contributed by atoms with E-state index < -0.39 is 45.7 Å². The number of benzene rings is 3. The molecule has 5 atom stereocenters. The second-order valence-electron chi connectivity index (χ2n) is 14.9. The Labute approximate surface area is 307 Å². The first-order valence-electron chi connectivity index (χ1n) is 18.9. The summed E-state index contributed by atoms with van der Waals surface area (Å²) in [5.74, 6) is -3.27. The Morgan fingerprint density at radius 3 is 1.94 bits per heavy atom. The highest BCUT2D eigenvalue weighted by Gasteiger charge is 2.66. The number of nitrogens with zero attached hydrogens (tertiary/aromatic N) is 2. The quantitative estimate of drug-likeness (QED) is 0.0730. The maximum Gasteiger partial charge on any atom is 0.311 e. The van der Waals surface area contributed by atoms with Crippen LogP contribution in [0.3, 0.4) is 0 Å². The fourth-order valence-electron chi connectivity index (χ4n) is 9.40. The molecule has 10 heteroatoms. The number of nitro groups is 1. The summed E-state index contributed by atoms with van der Waals surface area (Å²) in [5.41, 5.74) is -0.384. The Hall–Kier alpha value is -4.12. The zero-order valence-electron chi connectivity index (χ0n) is 30.8. The fraction of sp³-hybridized carbons (Fsp3) is 0.524. The van der Waals surface area contributed by atoms with Crippen molar-refractivity contribution < 1.29 is 29.5 Å². The minimum absolute atomic E-state index is 0.0473. The molecule has 0 aromatic heterocycles. The zero-order chi connectivity index (χ0) is 37.4. The normalized spacial score (nSPS) is 26.1. The van der Waals surface area contributed by atoms with Gasteiger partial charge in [-0.15, -0.1) is 0 Å². The summed E-state index contributed by atoms with van der Waals surface area (Å²) in [6, 6.07) is 26.1. The van der Waals surface area contributed by atoms with E-state index in [9.17, 15) is 29.9 Å². The summed E-state index contributed by atoms with van der Waals surface area (Å²) in [6.45, 7) is 8.65. The van der Waals surface area contributed by atoms with Gasteiger partial charge in [-0.3, -0.25) is 19.7 Å². The van der Waals surface area contributed by atoms with Crippen molar-refractivity contribution in [3.05, 3.63) is 112 Å². The lowest BCUT2D eigenvalue weighted by atomic mass is 9.49. The van der Waals surface area contributed by atoms with E-state index in [1.165, 1.54) is 29.3 Å². The van der Waals surface area contributed by atoms with E-state index in [1.807, 2.05) is 0 Å². The third-order valence-electron chi connectivity index (χ3n) is 12.3. The topological polar surface area (TPSA) is 142 Å². The Morgan fingerprint density at radius 1 is 0.827 bits per heavy atom. The first-order chi connectivity index (χ1) is 25.0. The van der Waals surface area contributed by atoms with Gasteiger partial charge in [-0.05, 0) is 69.3 Å². The molecular formula is C42H55N3O7. The lowest BCUT2D eigenvalue weighted by Gasteiger charge is -2.57. The standard InChI is InChI=1S/C42H55N3O7/c1-4-5-6-13-21-41(38(46)47)31(2)43-32(3)42(39(48)49,37(41)33-15-14-20-36(30-33)45(50)51)24-28-52-29-27-44-25-22-40(23-26-44,34-16-9-7-10-17-34)35-18-11-8-12-19-35/h7-12,14-20,30-32,37,43H,4-6,13,21-29H2,1-3H3,(H,46,47)(H,48,49)/t31-,32?,37?,41?,42?/m1/s1. The number of rotatable bonds is 17. The number of carboxylic acid groups (broad SMARTS) is 2. The van der Waals surface area contributed by atoms with Crippen LogP contribution in [0.15, 0.2) is 84.9 Å². The molecule has 3 aromatic carbocycles. The SMILES string of the molecule is CCCCCCC1(C(=O)O)C(c2cccc([N+](=O)[O-])c2)C(CCOCCN2CCC(c3ccccc3)(c3ccccc3)CC2)(C(=O)O)C(C)N[C@@H]1C. The molecular weight excluding hydrogens is 658 g/mol. The molecule has 0 amide bonds. The van der Waals surface area contributed by atoms with Gasteiger partial charge in [0, 0.05) is 48.7 Å². The number of nitrogens with one attached hydrogen (secondary N) is 1. The van der Waals surface area contributed by atoms with Crippen LogP contribution >= 0.6 is 0 Å². The summed E-state index contributed by atoms with van der Waals surface area (Å²) in [5, 5.41) is 37.5. The van der Waals surface area contributed by atoms with Gasteiger partial charge in [0.25, 0.3) is 5.69 Å². The third kappa shape index (κ3) is 7.65. The average Bonchev–Trinajstić information content (AvgIpc) is 3.15. The highest BCUT2D eigenvalue weighted by molar-refractivity contribution is 5.84. The number of ether oxygens (including phenoxy) is 1. The number of likely N-dealkylation sites (tertiary alicyclic amines) is 1. The summed E-state index contributed by atoms with van der Waals surface area (Å²) in [7, 11) is 0. The average molecular weight is 714 g/mol. The minimum atomic E-state index is -1.61. The number of hydrogen-bond donors (Lipinski definition) is 3. The van der Waals surface area contributed by atoms with Crippen molar-refractivity contribution >= 4 is 17.6 Å². The number of non-ortho nitro benzene ring substituents is 1. The Bertz CT molecular complexity index is 1600. The minimum Gasteiger partial charge on any atom is -0.481 e. The van der Waals surface area contributed by atoms with Gasteiger partial charge in [0.05, 0.1) is 22.4 Å². The van der Waals surface area contributed by atoms with Crippen LogP contribution in [0.5, 0.6) is 0 Å². The van der Waals surface area contributed by atoms with Gasteiger partial charge in [0.1, 0.15) is 0 Å². The zero-order valence-corrected chi connectivity index (χ0v) is 30.8. The number of piperidine rings is 2. The Kier molecular flexibility index (Phi) is 12.9. The van der Waals surface area contributed by atoms with Gasteiger partial charge in [0.2, 0.25) is 0 Å². The van der Waals surface area contributed by atoms with E-state index in [0.717, 1.165) is 45.2 Å². The van der Waals surface area contributed by atoms with E-state index in [4.69, 9.17) is 4.74 Å². The number of carboxylic acids is 2. The van der Waals surface area contributed by atoms with Crippen molar-refractivity contribution in [2.75, 3.05) is 32.8 Å². The summed E-state index contributed by atoms with van der Waals surface area (Å²) < 4.78 is 6.21. The molecule has 10 nitrogen and oxygen atoms in total. The van der Waals surface area contributed by atoms with E-state index >= 15 is 0 Å². The van der Waals surface area contributed by atoms with Crippen LogP contribution in [0.4, 0.5) is 5.69 Å². The molecule has 2 fully saturated rings. The molecule has 0 bridgehead atoms. The molecule has 280 valence electrons. The van der Waals surface area contributed by atoms with Crippen molar-refractivity contribution in [3.63, 3.8) is 0 Å². The smallest absolute Gasteiger partial charge is 0.311 e. The van der Waals surface area contributed by atoms with Crippen molar-refractivity contribution in [2.45, 2.75) is 95.6 Å². The van der Waals surface area contributed by atoms with Crippen LogP contribution in [-0.2, 0) is 19.7 Å². The largest absolute Gasteiger partial charge is 0.481 e. The van der Waals surface area contributed by atoms with Gasteiger partial charge >= 0.3 is 11.9 Å². The molecule has 2 aliphatic rings. The molecule has 0 radical (unpaired) electrons. The highest BCUT2D eigenvalue weighted by Crippen LogP contribution is 2.59. The molecule has 52 heavy (non-hydrogen) atoms. The van der Waals surface area contributed by atoms with Crippen LogP contribution in [0, 0.1) is 20.9 Å². The first kappa shape index (κ1) is 39.1. The van der Waals surface area contributed by atoms with Crippen LogP contribution in [-0.4, -0.2) is 76.9 Å². The van der Waals surface area contributed by atoms with Crippen LogP contribution in [0.2, 0.25) is 0 Å². The lowest BCUT2D eigenvalue weighted by molar-refractivity contribution is -0.385. The van der Waals surface area contributed by atoms with Crippen molar-refractivity contribution in [1.29, 1.82) is 0 Å². The number of unbranched alkanes of at least 4 members (excludes halogenated alkanes) is 3. The van der Waals surface area contributed by atoms with Gasteiger partial charge in [-0.1, -0.05) is 105 Å². The van der Waals surface area contributed by atoms with Crippen molar-refractivity contribution in [1.82, 2.24) is 10.2 Å². The summed E-state index contributed by atoms with van der Waals surface area (Å²) >= 11 is 0. The summed E-state index contributed by atoms with van der Waals surface area (Å²) in [4.78, 5) is 41.0. The molecule has 2 heterocycles. The molecule has 2 saturated heterocycles. The third-order valence-corrected chi connectivity index (χ3v) is 12.3. The molecule has 2 aliphatic heterocycles. The second-order valence-corrected chi connectivity index (χ2v) is 14.9. The van der Waals surface area contributed by atoms with Crippen LogP contribution in [0.25, 0.3) is 0 Å². The number of hydrogen-bond acceptors (Lipinski definition) is 7. The molecule has 3 N–H and O–H groups in total. The van der Waals surface area contributed by atoms with Crippen molar-refractivity contribution in [2.24, 2.45) is 10.8 Å². The first-order valence-corrected chi connectivity index (χ1v) is 18.9. The van der Waals surface area contributed by atoms with Gasteiger partial charge in [-0.25, -0.2) is 0 Å². The van der Waals surface area contributed by atoms with Crippen LogP contribution in [0.1, 0.15) is 94.7 Å². The maximum atomic E-state index is 13.7. The predicted molar refractivity (Wildman–Crippen MR) is 202 cm³/mol. The second kappa shape index (κ2) is 17.1. The van der Waals surface area contributed by atoms with Gasteiger partial charge in [-0.2, -0.15) is 0 Å². The molecule has 0 spiro atoms. The van der Waals surface area contributed by atoms with E-state index in [0.29, 0.717) is 25.1 Å². The molecule has 4 unspecified atom stereocenters. The number of nitro benzene ring substituents is 1. The molecule has 5 rings (SSSR count). The predicted octanol–water partition coefficient (Wildman–Crippen LogP) is 7.66. The number of carbonyl (C=O) groups is 2. The lowest BCUT2D eigenvalue weighted by Crippen LogP contribution is -2.69. The fourth-order valence-corrected chi connectivity index (χ4v) is 9.40. The van der Waals surface area contributed by atoms with E-state index in [-0.39, 0.29) is 30.6 Å². The highest BCUT2D eigenvalue weighted by atomic mass is 16.6. The van der Waals surface area contributed by atoms with Gasteiger partial charge < -0.3 is 25.2 Å². The Balaban J connectivity index is 1.35. The maximum absolute atomic E-state index is 13.7. The van der Waals surface area contributed by atoms with E-state index in [1.54, 1.807) is 19.9 Å². The van der Waals surface area contributed by atoms with E-state index in [2.05, 4.69) is 77.8 Å².